The van der Waals surface area contributed by atoms with Gasteiger partial charge in [0.1, 0.15) is 5.82 Å². The Bertz CT molecular complexity index is 1080. The Labute approximate surface area is 193 Å². The molecule has 7 heteroatoms. The summed E-state index contributed by atoms with van der Waals surface area (Å²) in [7, 11) is 0. The highest BCUT2D eigenvalue weighted by molar-refractivity contribution is 7.99. The topological polar surface area (TPSA) is 59.8 Å². The van der Waals surface area contributed by atoms with Gasteiger partial charge in [0.25, 0.3) is 0 Å². The number of allylic oxidation sites excluding steroid dienone is 1. The number of anilines is 1. The largest absolute Gasteiger partial charge is 0.325 e. The number of amides is 1. The molecule has 0 atom stereocenters. The van der Waals surface area contributed by atoms with E-state index in [2.05, 4.69) is 61.9 Å². The maximum absolute atomic E-state index is 14.3. The summed E-state index contributed by atoms with van der Waals surface area (Å²) in [5, 5.41) is 12.0. The molecule has 0 fully saturated rings. The lowest BCUT2D eigenvalue weighted by molar-refractivity contribution is -0.113. The molecule has 32 heavy (non-hydrogen) atoms. The average molecular weight is 453 g/mol. The first-order valence-corrected chi connectivity index (χ1v) is 11.7. The van der Waals surface area contributed by atoms with Crippen molar-refractivity contribution in [1.29, 1.82) is 0 Å². The molecule has 0 aliphatic heterocycles. The molecule has 1 heterocycles. The summed E-state index contributed by atoms with van der Waals surface area (Å²) in [6.07, 6.45) is 1.70. The summed E-state index contributed by atoms with van der Waals surface area (Å²) in [4.78, 5) is 12.9. The van der Waals surface area contributed by atoms with Crippen molar-refractivity contribution in [2.75, 3.05) is 11.1 Å². The molecule has 168 valence electrons. The van der Waals surface area contributed by atoms with Gasteiger partial charge in [0.15, 0.2) is 11.0 Å². The maximum atomic E-state index is 14.3. The molecule has 0 saturated heterocycles. The quantitative estimate of drug-likeness (QED) is 0.308. The van der Waals surface area contributed by atoms with E-state index in [1.165, 1.54) is 17.8 Å². The molecular formula is C25H29FN4OS. The number of halogens is 1. The van der Waals surface area contributed by atoms with E-state index >= 15 is 0 Å². The molecule has 5 nitrogen and oxygen atoms in total. The Balaban J connectivity index is 1.81. The third kappa shape index (κ3) is 5.27. The minimum atomic E-state index is -0.369. The first-order valence-electron chi connectivity index (χ1n) is 10.7. The molecule has 0 bridgehead atoms. The van der Waals surface area contributed by atoms with Crippen molar-refractivity contribution in [3.63, 3.8) is 0 Å². The van der Waals surface area contributed by atoms with Crippen LogP contribution in [0.1, 0.15) is 50.7 Å². The van der Waals surface area contributed by atoms with Crippen molar-refractivity contribution in [2.45, 2.75) is 51.2 Å². The molecule has 2 aromatic carbocycles. The van der Waals surface area contributed by atoms with E-state index in [0.717, 1.165) is 16.8 Å². The Kier molecular flexibility index (Phi) is 7.85. The fraction of sp³-hybridized carbons (Fsp3) is 0.320. The van der Waals surface area contributed by atoms with Crippen LogP contribution in [0.25, 0.3) is 11.4 Å². The molecule has 0 unspecified atom stereocenters. The zero-order chi connectivity index (χ0) is 23.3. The highest BCUT2D eigenvalue weighted by Crippen LogP contribution is 2.33. The number of para-hydroxylation sites is 1. The fourth-order valence-corrected chi connectivity index (χ4v) is 4.28. The molecule has 0 saturated carbocycles. The van der Waals surface area contributed by atoms with Crippen molar-refractivity contribution in [2.24, 2.45) is 0 Å². The second kappa shape index (κ2) is 10.6. The molecule has 0 aliphatic rings. The summed E-state index contributed by atoms with van der Waals surface area (Å²) in [6.45, 7) is 12.7. The molecule has 1 amide bonds. The minimum Gasteiger partial charge on any atom is -0.325 e. The molecule has 0 aliphatic carbocycles. The lowest BCUT2D eigenvalue weighted by atomic mass is 9.92. The van der Waals surface area contributed by atoms with Crippen molar-refractivity contribution < 1.29 is 9.18 Å². The second-order valence-electron chi connectivity index (χ2n) is 8.14. The van der Waals surface area contributed by atoms with E-state index in [4.69, 9.17) is 0 Å². The van der Waals surface area contributed by atoms with E-state index < -0.39 is 0 Å². The van der Waals surface area contributed by atoms with Crippen LogP contribution < -0.4 is 5.32 Å². The van der Waals surface area contributed by atoms with E-state index in [0.29, 0.717) is 23.1 Å². The highest BCUT2D eigenvalue weighted by atomic mass is 32.2. The van der Waals surface area contributed by atoms with Gasteiger partial charge in [-0.15, -0.1) is 16.8 Å². The predicted molar refractivity (Wildman–Crippen MR) is 130 cm³/mol. The van der Waals surface area contributed by atoms with Gasteiger partial charge in [-0.25, -0.2) is 4.39 Å². The van der Waals surface area contributed by atoms with Crippen LogP contribution in [0.2, 0.25) is 0 Å². The summed E-state index contributed by atoms with van der Waals surface area (Å²) in [6, 6.07) is 12.6. The van der Waals surface area contributed by atoms with Crippen molar-refractivity contribution in [1.82, 2.24) is 14.8 Å². The number of nitrogens with one attached hydrogen (secondary N) is 1. The number of hydrogen-bond acceptors (Lipinski definition) is 4. The number of carbonyl (C=O) groups is 1. The summed E-state index contributed by atoms with van der Waals surface area (Å²) in [5.41, 5.74) is 3.49. The van der Waals surface area contributed by atoms with Crippen molar-refractivity contribution >= 4 is 23.4 Å². The standard InChI is InChI=1S/C25H29FN4OS/c1-6-14-30-24(20-10-7-8-13-21(20)26)28-29-25(30)32-15-22(31)27-23-18(16(2)3)11-9-12-19(23)17(4)5/h6-13,16-17H,1,14-15H2,2-5H3,(H,27,31). The van der Waals surface area contributed by atoms with E-state index in [1.807, 2.05) is 6.07 Å². The highest BCUT2D eigenvalue weighted by Gasteiger charge is 2.19. The monoisotopic (exact) mass is 452 g/mol. The van der Waals surface area contributed by atoms with E-state index in [9.17, 15) is 9.18 Å². The fourth-order valence-electron chi connectivity index (χ4n) is 3.53. The lowest BCUT2D eigenvalue weighted by Crippen LogP contribution is -2.18. The van der Waals surface area contributed by atoms with Crippen molar-refractivity contribution in [3.05, 3.63) is 72.1 Å². The average Bonchev–Trinajstić information content (AvgIpc) is 3.15. The van der Waals surface area contributed by atoms with Crippen LogP contribution in [0.5, 0.6) is 0 Å². The first-order chi connectivity index (χ1) is 15.3. The van der Waals surface area contributed by atoms with Crippen LogP contribution in [0.3, 0.4) is 0 Å². The van der Waals surface area contributed by atoms with Gasteiger partial charge < -0.3 is 5.32 Å². The Morgan fingerprint density at radius 3 is 2.34 bits per heavy atom. The Hall–Kier alpha value is -2.93. The first kappa shape index (κ1) is 23.7. The van der Waals surface area contributed by atoms with Crippen LogP contribution >= 0.6 is 11.8 Å². The zero-order valence-corrected chi connectivity index (χ0v) is 19.7. The van der Waals surface area contributed by atoms with Gasteiger partial charge in [-0.2, -0.15) is 0 Å². The smallest absolute Gasteiger partial charge is 0.234 e. The SMILES string of the molecule is C=CCn1c(SCC(=O)Nc2c(C(C)C)cccc2C(C)C)nnc1-c1ccccc1F. The van der Waals surface area contributed by atoms with Gasteiger partial charge in [-0.05, 0) is 35.1 Å². The molecule has 1 N–H and O–H groups in total. The third-order valence-corrected chi connectivity index (χ3v) is 6.08. The Morgan fingerprint density at radius 2 is 1.75 bits per heavy atom. The summed E-state index contributed by atoms with van der Waals surface area (Å²) >= 11 is 1.27. The number of carbonyl (C=O) groups excluding carboxylic acids is 1. The number of hydrogen-bond donors (Lipinski definition) is 1. The molecule has 0 spiro atoms. The minimum absolute atomic E-state index is 0.120. The van der Waals surface area contributed by atoms with E-state index in [-0.39, 0.29) is 29.3 Å². The second-order valence-corrected chi connectivity index (χ2v) is 9.09. The number of nitrogens with zero attached hydrogens (tertiary/aromatic N) is 3. The molecule has 3 aromatic rings. The van der Waals surface area contributed by atoms with Gasteiger partial charge in [-0.3, -0.25) is 9.36 Å². The van der Waals surface area contributed by atoms with Crippen LogP contribution in [-0.4, -0.2) is 26.4 Å². The maximum Gasteiger partial charge on any atom is 0.234 e. The molecule has 0 radical (unpaired) electrons. The summed E-state index contributed by atoms with van der Waals surface area (Å²) in [5.74, 6) is 0.664. The van der Waals surface area contributed by atoms with E-state index in [1.54, 1.807) is 28.8 Å². The van der Waals surface area contributed by atoms with Gasteiger partial charge in [0.2, 0.25) is 5.91 Å². The predicted octanol–water partition coefficient (Wildman–Crippen LogP) is 6.25. The molecule has 3 rings (SSSR count). The van der Waals surface area contributed by atoms with Gasteiger partial charge in [-0.1, -0.05) is 75.9 Å². The number of benzene rings is 2. The van der Waals surface area contributed by atoms with Crippen LogP contribution in [0.4, 0.5) is 10.1 Å². The lowest BCUT2D eigenvalue weighted by Gasteiger charge is -2.20. The van der Waals surface area contributed by atoms with Crippen LogP contribution in [0, 0.1) is 5.82 Å². The number of rotatable bonds is 9. The normalized spacial score (nSPS) is 11.2. The molecule has 1 aromatic heterocycles. The Morgan fingerprint density at radius 1 is 1.09 bits per heavy atom. The van der Waals surface area contributed by atoms with Gasteiger partial charge in [0, 0.05) is 12.2 Å². The van der Waals surface area contributed by atoms with Gasteiger partial charge >= 0.3 is 0 Å². The van der Waals surface area contributed by atoms with Crippen molar-refractivity contribution in [3.8, 4) is 11.4 Å². The van der Waals surface area contributed by atoms with Crippen LogP contribution in [-0.2, 0) is 11.3 Å². The zero-order valence-electron chi connectivity index (χ0n) is 18.9. The summed E-state index contributed by atoms with van der Waals surface area (Å²) < 4.78 is 16.1. The molecular weight excluding hydrogens is 423 g/mol. The third-order valence-electron chi connectivity index (χ3n) is 5.11. The van der Waals surface area contributed by atoms with Crippen LogP contribution in [0.15, 0.2) is 60.3 Å². The number of thioether (sulfide) groups is 1. The number of aromatic nitrogens is 3. The van der Waals surface area contributed by atoms with Gasteiger partial charge in [0.05, 0.1) is 11.3 Å².